The molecule has 520 valence electrons. The van der Waals surface area contributed by atoms with Gasteiger partial charge in [-0.15, -0.1) is 23.2 Å². The molecule has 0 radical (unpaired) electrons. The monoisotopic (exact) mass is 1360 g/mol. The molecule has 0 aliphatic heterocycles. The topological polar surface area (TPSA) is 143 Å². The fourth-order valence-electron chi connectivity index (χ4n) is 24.0. The summed E-state index contributed by atoms with van der Waals surface area (Å²) in [4.78, 5) is 26.5. The number of halogens is 3. The predicted octanol–water partition coefficient (Wildman–Crippen LogP) is 21.3. The molecule has 4 aromatic rings. The highest BCUT2D eigenvalue weighted by Crippen LogP contribution is 2.78. The fraction of sp³-hybridized carbons (Fsp3) is 0.707. The number of nitrogens with zero attached hydrogens (tertiary/aromatic N) is 2. The maximum absolute atomic E-state index is 14.0. The van der Waals surface area contributed by atoms with E-state index in [1.165, 1.54) is 77.0 Å². The minimum absolute atomic E-state index is 0.120. The number of rotatable bonds is 9. The molecule has 18 atom stereocenters. The van der Waals surface area contributed by atoms with Gasteiger partial charge in [-0.05, 0) is 278 Å². The molecule has 8 saturated carbocycles. The average Bonchev–Trinajstić information content (AvgIpc) is 1.02. The summed E-state index contributed by atoms with van der Waals surface area (Å²) in [6.07, 6.45) is 28.9. The second-order valence-corrected chi connectivity index (χ2v) is 37.6. The van der Waals surface area contributed by atoms with Crippen LogP contribution in [0.3, 0.4) is 0 Å². The number of carbonyl (C=O) groups is 2. The number of carbonyl (C=O) groups excluding carboxylic acids is 2. The van der Waals surface area contributed by atoms with E-state index in [0.717, 1.165) is 91.3 Å². The maximum atomic E-state index is 14.0. The van der Waals surface area contributed by atoms with Gasteiger partial charge in [0.25, 0.3) is 0 Å². The zero-order chi connectivity index (χ0) is 68.5. The van der Waals surface area contributed by atoms with Crippen molar-refractivity contribution in [2.75, 3.05) is 14.2 Å². The van der Waals surface area contributed by atoms with Crippen LogP contribution in [0.5, 0.6) is 11.5 Å². The van der Waals surface area contributed by atoms with E-state index in [1.54, 1.807) is 25.4 Å². The molecule has 10 nitrogen and oxygen atoms in total. The van der Waals surface area contributed by atoms with Crippen LogP contribution in [0.15, 0.2) is 93.0 Å². The van der Waals surface area contributed by atoms with Crippen LogP contribution in [-0.4, -0.2) is 46.4 Å². The number of allylic oxidation sites excluding steroid dienone is 4. The van der Waals surface area contributed by atoms with Crippen LogP contribution in [0.25, 0.3) is 22.5 Å². The number of hydrogen-bond acceptors (Lipinski definition) is 9. The molecule has 0 saturated heterocycles. The molecular formula is C82H115Cl3N4O6. The van der Waals surface area contributed by atoms with Gasteiger partial charge in [0.15, 0.2) is 11.5 Å². The summed E-state index contributed by atoms with van der Waals surface area (Å²) in [5, 5.41) is 11.9. The molecule has 0 spiro atoms. The highest BCUT2D eigenvalue weighted by atomic mass is 35.5. The van der Waals surface area contributed by atoms with Gasteiger partial charge < -0.3 is 29.6 Å². The first-order chi connectivity index (χ1) is 44.6. The highest BCUT2D eigenvalue weighted by Gasteiger charge is 2.70. The number of alkyl halides is 2. The molecule has 10 aliphatic rings. The van der Waals surface area contributed by atoms with E-state index in [2.05, 4.69) is 125 Å². The predicted molar refractivity (Wildman–Crippen MR) is 385 cm³/mol. The summed E-state index contributed by atoms with van der Waals surface area (Å²) in [6.45, 7) is 35.7. The average molecular weight is 1360 g/mol. The Balaban J connectivity index is 0.000000155. The van der Waals surface area contributed by atoms with Crippen LogP contribution in [0.1, 0.15) is 237 Å². The molecule has 13 heteroatoms. The quantitative estimate of drug-likeness (QED) is 0.0951. The molecule has 3 N–H and O–H groups in total. The summed E-state index contributed by atoms with van der Waals surface area (Å²) in [5.74, 6) is 6.83. The number of benzene rings is 2. The van der Waals surface area contributed by atoms with Crippen molar-refractivity contribution in [2.45, 2.75) is 249 Å². The first-order valence-electron chi connectivity index (χ1n) is 36.6. The Morgan fingerprint density at radius 2 is 0.926 bits per heavy atom. The van der Waals surface area contributed by atoms with E-state index in [4.69, 9.17) is 59.1 Å². The van der Waals surface area contributed by atoms with Gasteiger partial charge in [-0.25, -0.2) is 0 Å². The van der Waals surface area contributed by atoms with E-state index < -0.39 is 5.41 Å². The van der Waals surface area contributed by atoms with Gasteiger partial charge in [0.05, 0.1) is 27.3 Å². The molecule has 8 fully saturated rings. The lowest BCUT2D eigenvalue weighted by Crippen LogP contribution is -2.64. The summed E-state index contributed by atoms with van der Waals surface area (Å²) in [5.41, 5.74) is 14.2. The summed E-state index contributed by atoms with van der Waals surface area (Å²) < 4.78 is 21.0. The SMILES string of the molecule is CC1(C)C2CC[C@]3(C)C(CC=C4[C@@H]5C[C@@](C)(C(=O)Cl)CC[C@]5(C)CC[C@@]43C)[C@@]2(C)CC[C@@H]1Cl.COc1ccc(-c2cc(CN)on2)cc1.COc1ccc(-c2cc(CNC(=O)[C@@]3(C)CC[C@]4(C)CC[C@@]5(C)C(=CCC6[C@@]7(C)CC[C@H](Cl)C(C)(C)C7CC[C@]65C)[C@@H]4C3)on2)cc1. The normalized spacial score (nSPS) is 41.7. The lowest BCUT2D eigenvalue weighted by molar-refractivity contribution is -0.179. The summed E-state index contributed by atoms with van der Waals surface area (Å²) >= 11 is 20.1. The van der Waals surface area contributed by atoms with Crippen LogP contribution < -0.4 is 20.5 Å². The molecule has 95 heavy (non-hydrogen) atoms. The number of hydrogen-bond donors (Lipinski definition) is 2. The van der Waals surface area contributed by atoms with Crippen molar-refractivity contribution >= 4 is 46.0 Å². The van der Waals surface area contributed by atoms with Crippen molar-refractivity contribution in [1.29, 1.82) is 0 Å². The number of amides is 1. The number of fused-ring (bicyclic) bond motifs is 14. The third kappa shape index (κ3) is 11.4. The number of ether oxygens (including phenoxy) is 2. The number of nitrogens with one attached hydrogen (secondary N) is 1. The van der Waals surface area contributed by atoms with E-state index in [-0.39, 0.29) is 54.4 Å². The number of nitrogens with two attached hydrogens (primary N) is 1. The van der Waals surface area contributed by atoms with E-state index in [9.17, 15) is 9.59 Å². The standard InChI is InChI=1S/C41H57ClN2O3.C30H46Cl2O.C11H12N2O2/c1-36(2)32-15-18-41(7)33(39(32,5)17-16-34(36)42)14-13-29-30-24-38(4,20-19-37(30,3)21-22-40(29,41)6)35(45)43-25-28-23-31(44-47-28)26-9-11-27(46-8)12-10-26;1-25(2)21-10-13-30(7)22(28(21,5)12-11-23(25)31)9-8-19-20-18-27(4,24(32)33)15-14-26(20,3)16-17-29(19,30)6;1-14-9-4-2-8(3-5-9)11-6-10(7-12)15-13-11/h9-13,23,30,32-34H,14-22,24-25H2,1-8H3,(H,43,45);8,20-23H,9-18H2,1-7H3;2-6H,7,12H2,1H3/t30-,32?,33?,34-,37+,38-,39-,40-,41+;20-,21?,22?,23-,26+,27-,28-,29-,30+;/m00./s1. The Morgan fingerprint density at radius 1 is 0.526 bits per heavy atom. The van der Waals surface area contributed by atoms with Gasteiger partial charge in [0.2, 0.25) is 11.1 Å². The maximum Gasteiger partial charge on any atom is 0.227 e. The molecule has 2 heterocycles. The molecule has 0 bridgehead atoms. The molecule has 14 rings (SSSR count). The molecular weight excluding hydrogens is 1240 g/mol. The molecule has 4 unspecified atom stereocenters. The third-order valence-corrected chi connectivity index (χ3v) is 33.0. The van der Waals surface area contributed by atoms with Crippen LogP contribution in [-0.2, 0) is 22.7 Å². The minimum atomic E-state index is -0.410. The lowest BCUT2D eigenvalue weighted by Gasteiger charge is -2.71. The molecule has 10 aliphatic carbocycles. The highest BCUT2D eigenvalue weighted by molar-refractivity contribution is 6.64. The van der Waals surface area contributed by atoms with Gasteiger partial charge in [0.1, 0.15) is 22.9 Å². The van der Waals surface area contributed by atoms with Crippen molar-refractivity contribution in [3.05, 3.63) is 95.5 Å². The molecule has 2 aromatic carbocycles. The zero-order valence-corrected chi connectivity index (χ0v) is 62.9. The minimum Gasteiger partial charge on any atom is -0.497 e. The summed E-state index contributed by atoms with van der Waals surface area (Å²) in [6, 6.07) is 19.1. The van der Waals surface area contributed by atoms with Crippen LogP contribution in [0.2, 0.25) is 0 Å². The first-order valence-corrected chi connectivity index (χ1v) is 37.9. The van der Waals surface area contributed by atoms with Gasteiger partial charge in [0, 0.05) is 44.8 Å². The smallest absolute Gasteiger partial charge is 0.227 e. The lowest BCUT2D eigenvalue weighted by atomic mass is 9.34. The number of aromatic nitrogens is 2. The van der Waals surface area contributed by atoms with Crippen molar-refractivity contribution in [3.8, 4) is 34.0 Å². The Labute approximate surface area is 585 Å². The third-order valence-electron chi connectivity index (χ3n) is 31.0. The largest absolute Gasteiger partial charge is 0.497 e. The first kappa shape index (κ1) is 70.8. The molecule has 2 aromatic heterocycles. The van der Waals surface area contributed by atoms with Gasteiger partial charge in [-0.3, -0.25) is 9.59 Å². The van der Waals surface area contributed by atoms with Crippen molar-refractivity contribution < 1.29 is 28.1 Å². The van der Waals surface area contributed by atoms with Crippen LogP contribution >= 0.6 is 34.8 Å². The molecule has 1 amide bonds. The Morgan fingerprint density at radius 3 is 1.34 bits per heavy atom. The van der Waals surface area contributed by atoms with E-state index in [1.807, 2.05) is 60.7 Å². The van der Waals surface area contributed by atoms with Crippen molar-refractivity contribution in [1.82, 2.24) is 15.6 Å². The second kappa shape index (κ2) is 24.9. The van der Waals surface area contributed by atoms with Crippen LogP contribution in [0, 0.1) is 100 Å². The summed E-state index contributed by atoms with van der Waals surface area (Å²) in [7, 11) is 3.30. The Hall–Kier alpha value is -4.09. The second-order valence-electron chi connectivity index (χ2n) is 36.2. The van der Waals surface area contributed by atoms with Gasteiger partial charge in [-0.1, -0.05) is 131 Å². The zero-order valence-electron chi connectivity index (χ0n) is 60.7. The number of methoxy groups -OCH3 is 2. The van der Waals surface area contributed by atoms with Crippen LogP contribution in [0.4, 0.5) is 0 Å². The fourth-order valence-corrected chi connectivity index (χ4v) is 24.7. The van der Waals surface area contributed by atoms with E-state index in [0.29, 0.717) is 81.2 Å². The van der Waals surface area contributed by atoms with E-state index >= 15 is 0 Å². The van der Waals surface area contributed by atoms with Crippen molar-refractivity contribution in [3.63, 3.8) is 0 Å². The van der Waals surface area contributed by atoms with Gasteiger partial charge >= 0.3 is 0 Å². The van der Waals surface area contributed by atoms with Gasteiger partial charge in [-0.2, -0.15) is 0 Å². The Kier molecular flexibility index (Phi) is 18.6. The van der Waals surface area contributed by atoms with Crippen molar-refractivity contribution in [2.24, 2.45) is 106 Å². The Bertz CT molecular complexity index is 3570.